The number of nitrogens with zero attached hydrogens (tertiary/aromatic N) is 1. The summed E-state index contributed by atoms with van der Waals surface area (Å²) in [4.78, 5) is 27.5. The molecule has 172 valence electrons. The summed E-state index contributed by atoms with van der Waals surface area (Å²) in [6.45, 7) is 7.59. The van der Waals surface area contributed by atoms with E-state index in [2.05, 4.69) is 53.6 Å². The molecule has 3 aromatic rings. The Hall–Kier alpha value is -3.18. The van der Waals surface area contributed by atoms with Gasteiger partial charge in [0.1, 0.15) is 0 Å². The standard InChI is InChI=1S/C28H33N3O2/c1-28(2)20-31(19-21-8-4-3-5-9-21)17-15-25(28)30-26(32)14-16-29-27(33)24-13-12-22-10-6-7-11-23(22)18-24/h3-13,18,25H,14-17,19-20H2,1-2H3,(H,29,33)(H,30,32). The van der Waals surface area contributed by atoms with Crippen LogP contribution in [0.2, 0.25) is 0 Å². The first-order chi connectivity index (χ1) is 15.9. The fourth-order valence-electron chi connectivity index (χ4n) is 4.70. The van der Waals surface area contributed by atoms with E-state index < -0.39 is 0 Å². The fourth-order valence-corrected chi connectivity index (χ4v) is 4.70. The highest BCUT2D eigenvalue weighted by Crippen LogP contribution is 2.30. The maximum absolute atomic E-state index is 12.6. The summed E-state index contributed by atoms with van der Waals surface area (Å²) in [5, 5.41) is 8.23. The highest BCUT2D eigenvalue weighted by Gasteiger charge is 2.36. The van der Waals surface area contributed by atoms with E-state index in [9.17, 15) is 9.59 Å². The molecular weight excluding hydrogens is 410 g/mol. The van der Waals surface area contributed by atoms with Crippen molar-refractivity contribution in [2.24, 2.45) is 5.41 Å². The summed E-state index contributed by atoms with van der Waals surface area (Å²) in [7, 11) is 0. The molecule has 0 saturated carbocycles. The molecule has 1 saturated heterocycles. The lowest BCUT2D eigenvalue weighted by atomic mass is 9.79. The molecule has 5 heteroatoms. The predicted octanol–water partition coefficient (Wildman–Crippen LogP) is 4.38. The molecule has 0 radical (unpaired) electrons. The molecule has 1 aliphatic rings. The van der Waals surface area contributed by atoms with Gasteiger partial charge in [-0.1, -0.05) is 74.5 Å². The summed E-state index contributed by atoms with van der Waals surface area (Å²) in [5.74, 6) is -0.161. The molecule has 2 N–H and O–H groups in total. The Morgan fingerprint density at radius 3 is 2.45 bits per heavy atom. The highest BCUT2D eigenvalue weighted by molar-refractivity contribution is 5.98. The molecule has 1 heterocycles. The van der Waals surface area contributed by atoms with Gasteiger partial charge in [0.05, 0.1) is 0 Å². The van der Waals surface area contributed by atoms with Crippen molar-refractivity contribution in [1.29, 1.82) is 0 Å². The van der Waals surface area contributed by atoms with Gasteiger partial charge in [-0.3, -0.25) is 14.5 Å². The van der Waals surface area contributed by atoms with Crippen molar-refractivity contribution in [2.75, 3.05) is 19.6 Å². The van der Waals surface area contributed by atoms with Crippen LogP contribution in [0.1, 0.15) is 42.6 Å². The second-order valence-corrected chi connectivity index (χ2v) is 9.66. The minimum absolute atomic E-state index is 0.0107. The number of rotatable bonds is 7. The van der Waals surface area contributed by atoms with Crippen LogP contribution in [0.5, 0.6) is 0 Å². The third kappa shape index (κ3) is 5.99. The number of likely N-dealkylation sites (tertiary alicyclic amines) is 1. The number of carbonyl (C=O) groups is 2. The van der Waals surface area contributed by atoms with Crippen molar-refractivity contribution in [2.45, 2.75) is 39.3 Å². The van der Waals surface area contributed by atoms with Crippen LogP contribution in [0.15, 0.2) is 72.8 Å². The maximum Gasteiger partial charge on any atom is 0.251 e. The molecular formula is C28H33N3O2. The number of benzene rings is 3. The third-order valence-corrected chi connectivity index (χ3v) is 6.54. The lowest BCUT2D eigenvalue weighted by Gasteiger charge is -2.44. The fraction of sp³-hybridized carbons (Fsp3) is 0.357. The number of hydrogen-bond donors (Lipinski definition) is 2. The average molecular weight is 444 g/mol. The summed E-state index contributed by atoms with van der Waals surface area (Å²) in [6.07, 6.45) is 1.20. The molecule has 1 atom stereocenters. The van der Waals surface area contributed by atoms with E-state index in [-0.39, 0.29) is 29.7 Å². The zero-order chi connectivity index (χ0) is 23.3. The SMILES string of the molecule is CC1(C)CN(Cc2ccccc2)CCC1NC(=O)CCNC(=O)c1ccc2ccccc2c1. The smallest absolute Gasteiger partial charge is 0.251 e. The minimum Gasteiger partial charge on any atom is -0.353 e. The van der Waals surface area contributed by atoms with Crippen LogP contribution in [0.25, 0.3) is 10.8 Å². The van der Waals surface area contributed by atoms with Gasteiger partial charge in [0.15, 0.2) is 0 Å². The lowest BCUT2D eigenvalue weighted by Crippen LogP contribution is -2.55. The van der Waals surface area contributed by atoms with E-state index in [1.165, 1.54) is 5.56 Å². The number of amides is 2. The van der Waals surface area contributed by atoms with Gasteiger partial charge >= 0.3 is 0 Å². The Kier molecular flexibility index (Phi) is 7.09. The molecule has 4 rings (SSSR count). The van der Waals surface area contributed by atoms with Gasteiger partial charge in [-0.2, -0.15) is 0 Å². The molecule has 0 aliphatic carbocycles. The van der Waals surface area contributed by atoms with Gasteiger partial charge in [0.25, 0.3) is 5.91 Å². The molecule has 5 nitrogen and oxygen atoms in total. The maximum atomic E-state index is 12.6. The second kappa shape index (κ2) is 10.2. The van der Waals surface area contributed by atoms with Crippen molar-refractivity contribution >= 4 is 22.6 Å². The quantitative estimate of drug-likeness (QED) is 0.570. The van der Waals surface area contributed by atoms with E-state index in [1.54, 1.807) is 0 Å². The van der Waals surface area contributed by atoms with Crippen molar-refractivity contribution in [3.05, 3.63) is 83.9 Å². The van der Waals surface area contributed by atoms with Crippen LogP contribution < -0.4 is 10.6 Å². The first-order valence-electron chi connectivity index (χ1n) is 11.7. The summed E-state index contributed by atoms with van der Waals surface area (Å²) < 4.78 is 0. The van der Waals surface area contributed by atoms with E-state index >= 15 is 0 Å². The van der Waals surface area contributed by atoms with Gasteiger partial charge in [-0.15, -0.1) is 0 Å². The number of nitrogens with one attached hydrogen (secondary N) is 2. The Balaban J connectivity index is 1.23. The van der Waals surface area contributed by atoms with Crippen LogP contribution in [-0.4, -0.2) is 42.4 Å². The molecule has 1 unspecified atom stereocenters. The first-order valence-corrected chi connectivity index (χ1v) is 11.7. The van der Waals surface area contributed by atoms with Gasteiger partial charge in [-0.05, 0) is 40.3 Å². The average Bonchev–Trinajstić information content (AvgIpc) is 2.81. The molecule has 2 amide bonds. The Bertz CT molecular complexity index is 1110. The number of hydrogen-bond acceptors (Lipinski definition) is 3. The van der Waals surface area contributed by atoms with Crippen molar-refractivity contribution in [3.8, 4) is 0 Å². The van der Waals surface area contributed by atoms with Gasteiger partial charge in [-0.25, -0.2) is 0 Å². The summed E-state index contributed by atoms with van der Waals surface area (Å²) in [6, 6.07) is 24.3. The number of carbonyl (C=O) groups excluding carboxylic acids is 2. The Labute approximate surface area is 196 Å². The Morgan fingerprint density at radius 2 is 1.70 bits per heavy atom. The Morgan fingerprint density at radius 1 is 0.970 bits per heavy atom. The molecule has 0 spiro atoms. The van der Waals surface area contributed by atoms with Crippen LogP contribution >= 0.6 is 0 Å². The number of piperidine rings is 1. The lowest BCUT2D eigenvalue weighted by molar-refractivity contribution is -0.123. The number of fused-ring (bicyclic) bond motifs is 1. The topological polar surface area (TPSA) is 61.4 Å². The molecule has 0 bridgehead atoms. The van der Waals surface area contributed by atoms with Gasteiger partial charge < -0.3 is 10.6 Å². The van der Waals surface area contributed by atoms with E-state index in [0.717, 1.165) is 36.8 Å². The predicted molar refractivity (Wildman–Crippen MR) is 133 cm³/mol. The third-order valence-electron chi connectivity index (χ3n) is 6.54. The van der Waals surface area contributed by atoms with Crippen LogP contribution in [0.4, 0.5) is 0 Å². The van der Waals surface area contributed by atoms with E-state index in [1.807, 2.05) is 48.5 Å². The van der Waals surface area contributed by atoms with Gasteiger partial charge in [0.2, 0.25) is 5.91 Å². The molecule has 1 aliphatic heterocycles. The van der Waals surface area contributed by atoms with E-state index in [4.69, 9.17) is 0 Å². The second-order valence-electron chi connectivity index (χ2n) is 9.66. The molecule has 33 heavy (non-hydrogen) atoms. The summed E-state index contributed by atoms with van der Waals surface area (Å²) in [5.41, 5.74) is 1.91. The first kappa shape index (κ1) is 23.0. The zero-order valence-corrected chi connectivity index (χ0v) is 19.5. The van der Waals surface area contributed by atoms with Crippen molar-refractivity contribution < 1.29 is 9.59 Å². The van der Waals surface area contributed by atoms with Gasteiger partial charge in [0, 0.05) is 44.2 Å². The summed E-state index contributed by atoms with van der Waals surface area (Å²) >= 11 is 0. The normalized spacial score (nSPS) is 18.1. The minimum atomic E-state index is -0.150. The largest absolute Gasteiger partial charge is 0.353 e. The zero-order valence-electron chi connectivity index (χ0n) is 19.5. The van der Waals surface area contributed by atoms with Crippen LogP contribution in [0.3, 0.4) is 0 Å². The molecule has 3 aromatic carbocycles. The van der Waals surface area contributed by atoms with Crippen molar-refractivity contribution in [3.63, 3.8) is 0 Å². The highest BCUT2D eigenvalue weighted by atomic mass is 16.2. The monoisotopic (exact) mass is 443 g/mol. The van der Waals surface area contributed by atoms with Crippen LogP contribution in [0, 0.1) is 5.41 Å². The van der Waals surface area contributed by atoms with E-state index in [0.29, 0.717) is 12.1 Å². The molecule has 1 fully saturated rings. The molecule has 0 aromatic heterocycles. The van der Waals surface area contributed by atoms with Crippen LogP contribution in [-0.2, 0) is 11.3 Å². The van der Waals surface area contributed by atoms with Crippen molar-refractivity contribution in [1.82, 2.24) is 15.5 Å².